The van der Waals surface area contributed by atoms with E-state index < -0.39 is 0 Å². The summed E-state index contributed by atoms with van der Waals surface area (Å²) in [7, 11) is 1.68. The van der Waals surface area contributed by atoms with E-state index in [1.807, 2.05) is 30.3 Å². The molecule has 24 heavy (non-hydrogen) atoms. The van der Waals surface area contributed by atoms with Gasteiger partial charge in [0, 0.05) is 29.5 Å². The van der Waals surface area contributed by atoms with E-state index >= 15 is 0 Å². The number of hydrogen-bond acceptors (Lipinski definition) is 4. The highest BCUT2D eigenvalue weighted by Gasteiger charge is 2.04. The first kappa shape index (κ1) is 18.3. The molecule has 1 N–H and O–H groups in total. The third kappa shape index (κ3) is 5.88. The number of nitrogens with one attached hydrogen (secondary N) is 1. The molecule has 0 heterocycles. The van der Waals surface area contributed by atoms with Gasteiger partial charge in [-0.25, -0.2) is 0 Å². The van der Waals surface area contributed by atoms with Crippen molar-refractivity contribution < 1.29 is 9.47 Å². The van der Waals surface area contributed by atoms with Crippen LogP contribution < -0.4 is 14.8 Å². The average Bonchev–Trinajstić information content (AvgIpc) is 2.59. The number of nitrogens with zero attached hydrogens (tertiary/aromatic N) is 1. The van der Waals surface area contributed by atoms with Crippen molar-refractivity contribution in [2.75, 3.05) is 13.7 Å². The van der Waals surface area contributed by atoms with E-state index in [-0.39, 0.29) is 0 Å². The summed E-state index contributed by atoms with van der Waals surface area (Å²) in [5.41, 5.74) is 2.26. The first-order chi connectivity index (χ1) is 11.7. The van der Waals surface area contributed by atoms with Gasteiger partial charge in [0.2, 0.25) is 0 Å². The monoisotopic (exact) mass is 388 g/mol. The Hall–Kier alpha value is -2.03. The highest BCUT2D eigenvalue weighted by Crippen LogP contribution is 2.23. The van der Waals surface area contributed by atoms with Crippen molar-refractivity contribution in [2.45, 2.75) is 25.9 Å². The number of hydrogen-bond donors (Lipinski definition) is 1. The van der Waals surface area contributed by atoms with Crippen LogP contribution in [0.25, 0.3) is 0 Å². The van der Waals surface area contributed by atoms with Crippen LogP contribution in [-0.4, -0.2) is 13.7 Å². The fourth-order valence-electron chi connectivity index (χ4n) is 2.31. The first-order valence-corrected chi connectivity index (χ1v) is 8.64. The standard InChI is InChI=1S/C19H21BrN2O2/c1-23-19-8-7-17(20)12-16(19)14-22-13-15-5-4-6-18(11-15)24-10-3-2-9-21/h4-8,11-12,22H,2-3,10,13-14H2,1H3. The Morgan fingerprint density at radius 2 is 2.04 bits per heavy atom. The van der Waals surface area contributed by atoms with Crippen LogP contribution in [0.1, 0.15) is 24.0 Å². The lowest BCUT2D eigenvalue weighted by molar-refractivity contribution is 0.312. The molecule has 0 radical (unpaired) electrons. The normalized spacial score (nSPS) is 10.2. The molecule has 0 aliphatic heterocycles. The molecule has 126 valence electrons. The van der Waals surface area contributed by atoms with Crippen molar-refractivity contribution in [2.24, 2.45) is 0 Å². The number of halogens is 1. The zero-order valence-electron chi connectivity index (χ0n) is 13.7. The van der Waals surface area contributed by atoms with Crippen LogP contribution in [0.15, 0.2) is 46.9 Å². The van der Waals surface area contributed by atoms with Crippen molar-refractivity contribution in [1.82, 2.24) is 5.32 Å². The van der Waals surface area contributed by atoms with Gasteiger partial charge in [-0.2, -0.15) is 5.26 Å². The zero-order chi connectivity index (χ0) is 17.2. The summed E-state index contributed by atoms with van der Waals surface area (Å²) in [5, 5.41) is 12.0. The zero-order valence-corrected chi connectivity index (χ0v) is 15.3. The molecule has 2 rings (SSSR count). The SMILES string of the molecule is COc1ccc(Br)cc1CNCc1cccc(OCCCC#N)c1. The van der Waals surface area contributed by atoms with Gasteiger partial charge in [-0.3, -0.25) is 0 Å². The van der Waals surface area contributed by atoms with Crippen molar-refractivity contribution in [1.29, 1.82) is 5.26 Å². The Morgan fingerprint density at radius 3 is 2.83 bits per heavy atom. The van der Waals surface area contributed by atoms with E-state index in [9.17, 15) is 0 Å². The third-order valence-corrected chi connectivity index (χ3v) is 3.98. The first-order valence-electron chi connectivity index (χ1n) is 7.84. The van der Waals surface area contributed by atoms with Gasteiger partial charge in [0.1, 0.15) is 11.5 Å². The van der Waals surface area contributed by atoms with Gasteiger partial charge in [0.05, 0.1) is 19.8 Å². The fourth-order valence-corrected chi connectivity index (χ4v) is 2.72. The summed E-state index contributed by atoms with van der Waals surface area (Å²) in [6, 6.07) is 16.1. The van der Waals surface area contributed by atoms with E-state index in [0.717, 1.165) is 46.6 Å². The summed E-state index contributed by atoms with van der Waals surface area (Å²) < 4.78 is 12.1. The Labute approximate surface area is 151 Å². The molecule has 0 saturated heterocycles. The van der Waals surface area contributed by atoms with Gasteiger partial charge in [0.15, 0.2) is 0 Å². The number of ether oxygens (including phenoxy) is 2. The van der Waals surface area contributed by atoms with E-state index in [1.54, 1.807) is 7.11 Å². The lowest BCUT2D eigenvalue weighted by Gasteiger charge is -2.11. The second-order valence-corrected chi connectivity index (χ2v) is 6.23. The number of nitriles is 1. The molecule has 4 nitrogen and oxygen atoms in total. The quantitative estimate of drug-likeness (QED) is 0.645. The Kier molecular flexibility index (Phi) is 7.60. The number of unbranched alkanes of at least 4 members (excludes halogenated alkanes) is 1. The Bertz CT molecular complexity index is 698. The van der Waals surface area contributed by atoms with Gasteiger partial charge < -0.3 is 14.8 Å². The van der Waals surface area contributed by atoms with Crippen LogP contribution in [0.5, 0.6) is 11.5 Å². The molecule has 2 aromatic carbocycles. The van der Waals surface area contributed by atoms with Gasteiger partial charge >= 0.3 is 0 Å². The number of methoxy groups -OCH3 is 1. The fraction of sp³-hybridized carbons (Fsp3) is 0.316. The van der Waals surface area contributed by atoms with Crippen LogP contribution in [0.2, 0.25) is 0 Å². The van der Waals surface area contributed by atoms with Crippen molar-refractivity contribution in [3.8, 4) is 17.6 Å². The molecule has 0 bridgehead atoms. The van der Waals surface area contributed by atoms with Crippen LogP contribution in [0.4, 0.5) is 0 Å². The molecule has 0 aromatic heterocycles. The molecular weight excluding hydrogens is 368 g/mol. The molecule has 0 fully saturated rings. The lowest BCUT2D eigenvalue weighted by Crippen LogP contribution is -2.13. The number of benzene rings is 2. The van der Waals surface area contributed by atoms with Gasteiger partial charge in [0.25, 0.3) is 0 Å². The molecule has 5 heteroatoms. The highest BCUT2D eigenvalue weighted by molar-refractivity contribution is 9.10. The van der Waals surface area contributed by atoms with E-state index in [1.165, 1.54) is 0 Å². The Morgan fingerprint density at radius 1 is 1.17 bits per heavy atom. The molecule has 0 spiro atoms. The lowest BCUT2D eigenvalue weighted by atomic mass is 10.2. The molecule has 2 aromatic rings. The minimum Gasteiger partial charge on any atom is -0.496 e. The second-order valence-electron chi connectivity index (χ2n) is 5.32. The molecule has 0 aliphatic carbocycles. The molecule has 0 aliphatic rings. The van der Waals surface area contributed by atoms with E-state index in [4.69, 9.17) is 14.7 Å². The summed E-state index contributed by atoms with van der Waals surface area (Å²) in [6.07, 6.45) is 1.28. The van der Waals surface area contributed by atoms with Crippen LogP contribution >= 0.6 is 15.9 Å². The van der Waals surface area contributed by atoms with Crippen LogP contribution in [0.3, 0.4) is 0 Å². The minimum atomic E-state index is 0.524. The van der Waals surface area contributed by atoms with Crippen LogP contribution in [-0.2, 0) is 13.1 Å². The second kappa shape index (κ2) is 9.96. The average molecular weight is 389 g/mol. The third-order valence-electron chi connectivity index (χ3n) is 3.49. The summed E-state index contributed by atoms with van der Waals surface area (Å²) in [5.74, 6) is 1.72. The maximum absolute atomic E-state index is 8.53. The van der Waals surface area contributed by atoms with E-state index in [2.05, 4.69) is 39.4 Å². The van der Waals surface area contributed by atoms with Crippen LogP contribution in [0, 0.1) is 11.3 Å². The van der Waals surface area contributed by atoms with Gasteiger partial charge in [-0.1, -0.05) is 28.1 Å². The molecule has 0 amide bonds. The highest BCUT2D eigenvalue weighted by atomic mass is 79.9. The maximum atomic E-state index is 8.53. The predicted molar refractivity (Wildman–Crippen MR) is 98.0 cm³/mol. The maximum Gasteiger partial charge on any atom is 0.123 e. The van der Waals surface area contributed by atoms with Crippen molar-refractivity contribution in [3.05, 3.63) is 58.1 Å². The largest absolute Gasteiger partial charge is 0.496 e. The number of rotatable bonds is 9. The summed E-state index contributed by atoms with van der Waals surface area (Å²) in [4.78, 5) is 0. The molecule has 0 saturated carbocycles. The molecular formula is C19H21BrN2O2. The van der Waals surface area contributed by atoms with Gasteiger partial charge in [-0.05, 0) is 42.3 Å². The summed E-state index contributed by atoms with van der Waals surface area (Å²) in [6.45, 7) is 2.03. The van der Waals surface area contributed by atoms with Crippen molar-refractivity contribution >= 4 is 15.9 Å². The predicted octanol–water partition coefficient (Wildman–Crippen LogP) is 4.43. The topological polar surface area (TPSA) is 54.3 Å². The van der Waals surface area contributed by atoms with Gasteiger partial charge in [-0.15, -0.1) is 0 Å². The molecule has 0 atom stereocenters. The minimum absolute atomic E-state index is 0.524. The molecule has 0 unspecified atom stereocenters. The van der Waals surface area contributed by atoms with E-state index in [0.29, 0.717) is 13.0 Å². The van der Waals surface area contributed by atoms with Crippen molar-refractivity contribution in [3.63, 3.8) is 0 Å². The Balaban J connectivity index is 1.86. The smallest absolute Gasteiger partial charge is 0.123 e. The summed E-state index contributed by atoms with van der Waals surface area (Å²) >= 11 is 3.49.